The molecule has 0 aromatic carbocycles. The molecule has 80 valence electrons. The van der Waals surface area contributed by atoms with Crippen LogP contribution < -0.4 is 5.32 Å². The number of hydrogen-bond acceptors (Lipinski definition) is 1. The van der Waals surface area contributed by atoms with Gasteiger partial charge in [-0.1, -0.05) is 39.5 Å². The lowest BCUT2D eigenvalue weighted by Crippen LogP contribution is -2.47. The summed E-state index contributed by atoms with van der Waals surface area (Å²) in [7, 11) is 0. The van der Waals surface area contributed by atoms with Gasteiger partial charge in [0.15, 0.2) is 0 Å². The number of carbonyl (C=O) groups is 1. The highest BCUT2D eigenvalue weighted by Crippen LogP contribution is 2.43. The molecule has 1 aliphatic heterocycles. The summed E-state index contributed by atoms with van der Waals surface area (Å²) in [5, 5.41) is 3.28. The molecule has 1 saturated carbocycles. The van der Waals surface area contributed by atoms with E-state index in [0.29, 0.717) is 11.8 Å². The van der Waals surface area contributed by atoms with Crippen LogP contribution in [0.1, 0.15) is 52.4 Å². The molecule has 14 heavy (non-hydrogen) atoms. The summed E-state index contributed by atoms with van der Waals surface area (Å²) in [5.74, 6) is 1.10. The van der Waals surface area contributed by atoms with Gasteiger partial charge in [-0.3, -0.25) is 4.79 Å². The van der Waals surface area contributed by atoms with Crippen LogP contribution in [0.2, 0.25) is 0 Å². The molecule has 1 amide bonds. The van der Waals surface area contributed by atoms with E-state index in [1.807, 2.05) is 0 Å². The summed E-state index contributed by atoms with van der Waals surface area (Å²) in [6.07, 6.45) is 7.50. The van der Waals surface area contributed by atoms with Crippen molar-refractivity contribution in [2.75, 3.05) is 0 Å². The maximum absolute atomic E-state index is 11.7. The van der Waals surface area contributed by atoms with Crippen LogP contribution in [0.25, 0.3) is 0 Å². The summed E-state index contributed by atoms with van der Waals surface area (Å²) in [6.45, 7) is 4.31. The van der Waals surface area contributed by atoms with Crippen molar-refractivity contribution in [2.24, 2.45) is 11.8 Å². The minimum Gasteiger partial charge on any atom is -0.350 e. The highest BCUT2D eigenvalue weighted by molar-refractivity contribution is 5.82. The molecular formula is C12H21NO. The fourth-order valence-corrected chi connectivity index (χ4v) is 3.54. The SMILES string of the molecule is CCC1C(C)C(=O)NC12CCCCC2. The zero-order chi connectivity index (χ0) is 10.2. The molecule has 2 fully saturated rings. The van der Waals surface area contributed by atoms with E-state index >= 15 is 0 Å². The first-order valence-electron chi connectivity index (χ1n) is 6.01. The fraction of sp³-hybridized carbons (Fsp3) is 0.917. The van der Waals surface area contributed by atoms with Crippen LogP contribution in [-0.2, 0) is 4.79 Å². The van der Waals surface area contributed by atoms with Gasteiger partial charge in [-0.05, 0) is 18.8 Å². The van der Waals surface area contributed by atoms with Gasteiger partial charge in [-0.15, -0.1) is 0 Å². The third-order valence-corrected chi connectivity index (χ3v) is 4.28. The Balaban J connectivity index is 2.20. The Labute approximate surface area is 86.5 Å². The van der Waals surface area contributed by atoms with E-state index in [-0.39, 0.29) is 11.5 Å². The lowest BCUT2D eigenvalue weighted by Gasteiger charge is -2.39. The zero-order valence-electron chi connectivity index (χ0n) is 9.31. The first kappa shape index (κ1) is 10.0. The largest absolute Gasteiger partial charge is 0.350 e. The number of rotatable bonds is 1. The molecule has 2 aliphatic rings. The molecule has 0 radical (unpaired) electrons. The Morgan fingerprint density at radius 1 is 1.36 bits per heavy atom. The molecule has 2 rings (SSSR count). The second-order valence-corrected chi connectivity index (χ2v) is 5.01. The molecule has 0 bridgehead atoms. The molecule has 1 saturated heterocycles. The predicted molar refractivity (Wildman–Crippen MR) is 56.9 cm³/mol. The smallest absolute Gasteiger partial charge is 0.223 e. The third-order valence-electron chi connectivity index (χ3n) is 4.28. The quantitative estimate of drug-likeness (QED) is 0.684. The lowest BCUT2D eigenvalue weighted by atomic mass is 9.70. The average Bonchev–Trinajstić information content (AvgIpc) is 2.40. The maximum atomic E-state index is 11.7. The van der Waals surface area contributed by atoms with Crippen molar-refractivity contribution in [3.05, 3.63) is 0 Å². The van der Waals surface area contributed by atoms with Gasteiger partial charge in [0.05, 0.1) is 0 Å². The first-order valence-corrected chi connectivity index (χ1v) is 6.01. The topological polar surface area (TPSA) is 29.1 Å². The summed E-state index contributed by atoms with van der Waals surface area (Å²) >= 11 is 0. The standard InChI is InChI=1S/C12H21NO/c1-3-10-9(2)11(14)13-12(10)7-5-4-6-8-12/h9-10H,3-8H2,1-2H3,(H,13,14). The van der Waals surface area contributed by atoms with Crippen molar-refractivity contribution >= 4 is 5.91 Å². The Bertz CT molecular complexity index is 230. The van der Waals surface area contributed by atoms with Crippen molar-refractivity contribution in [1.29, 1.82) is 0 Å². The van der Waals surface area contributed by atoms with Crippen molar-refractivity contribution < 1.29 is 4.79 Å². The van der Waals surface area contributed by atoms with Gasteiger partial charge < -0.3 is 5.32 Å². The second-order valence-electron chi connectivity index (χ2n) is 5.01. The molecular weight excluding hydrogens is 174 g/mol. The average molecular weight is 195 g/mol. The van der Waals surface area contributed by atoms with Crippen LogP contribution >= 0.6 is 0 Å². The summed E-state index contributed by atoms with van der Waals surface area (Å²) < 4.78 is 0. The van der Waals surface area contributed by atoms with Gasteiger partial charge in [-0.25, -0.2) is 0 Å². The lowest BCUT2D eigenvalue weighted by molar-refractivity contribution is -0.122. The van der Waals surface area contributed by atoms with Gasteiger partial charge >= 0.3 is 0 Å². The van der Waals surface area contributed by atoms with E-state index in [0.717, 1.165) is 6.42 Å². The Hall–Kier alpha value is -0.530. The Kier molecular flexibility index (Phi) is 2.54. The predicted octanol–water partition coefficient (Wildman–Crippen LogP) is 2.48. The third kappa shape index (κ3) is 1.35. The van der Waals surface area contributed by atoms with Crippen molar-refractivity contribution in [1.82, 2.24) is 5.32 Å². The zero-order valence-corrected chi connectivity index (χ0v) is 9.31. The van der Waals surface area contributed by atoms with Crippen LogP contribution in [0, 0.1) is 11.8 Å². The number of amides is 1. The molecule has 1 spiro atoms. The maximum Gasteiger partial charge on any atom is 0.223 e. The first-order chi connectivity index (χ1) is 6.69. The molecule has 1 aliphatic carbocycles. The highest BCUT2D eigenvalue weighted by atomic mass is 16.2. The van der Waals surface area contributed by atoms with Gasteiger partial charge in [0.25, 0.3) is 0 Å². The summed E-state index contributed by atoms with van der Waals surface area (Å²) in [6, 6.07) is 0. The van der Waals surface area contributed by atoms with Crippen LogP contribution in [-0.4, -0.2) is 11.4 Å². The minimum absolute atomic E-state index is 0.184. The second kappa shape index (κ2) is 3.56. The fourth-order valence-electron chi connectivity index (χ4n) is 3.54. The van der Waals surface area contributed by atoms with Crippen LogP contribution in [0.4, 0.5) is 0 Å². The van der Waals surface area contributed by atoms with E-state index in [2.05, 4.69) is 19.2 Å². The van der Waals surface area contributed by atoms with Crippen LogP contribution in [0.3, 0.4) is 0 Å². The number of nitrogens with one attached hydrogen (secondary N) is 1. The van der Waals surface area contributed by atoms with E-state index in [4.69, 9.17) is 0 Å². The van der Waals surface area contributed by atoms with Crippen molar-refractivity contribution in [3.63, 3.8) is 0 Å². The summed E-state index contributed by atoms with van der Waals surface area (Å²) in [4.78, 5) is 11.7. The normalized spacial score (nSPS) is 36.0. The molecule has 2 heteroatoms. The Morgan fingerprint density at radius 2 is 2.00 bits per heavy atom. The van der Waals surface area contributed by atoms with Gasteiger partial charge in [0, 0.05) is 11.5 Å². The molecule has 2 nitrogen and oxygen atoms in total. The monoisotopic (exact) mass is 195 g/mol. The van der Waals surface area contributed by atoms with Gasteiger partial charge in [-0.2, -0.15) is 0 Å². The molecule has 1 N–H and O–H groups in total. The number of hydrogen-bond donors (Lipinski definition) is 1. The van der Waals surface area contributed by atoms with E-state index in [1.54, 1.807) is 0 Å². The highest BCUT2D eigenvalue weighted by Gasteiger charge is 2.49. The molecule has 0 aromatic heterocycles. The minimum atomic E-state index is 0.184. The van der Waals surface area contributed by atoms with E-state index < -0.39 is 0 Å². The van der Waals surface area contributed by atoms with Crippen molar-refractivity contribution in [2.45, 2.75) is 57.9 Å². The molecule has 1 heterocycles. The van der Waals surface area contributed by atoms with Gasteiger partial charge in [0.1, 0.15) is 0 Å². The van der Waals surface area contributed by atoms with Crippen LogP contribution in [0.5, 0.6) is 0 Å². The Morgan fingerprint density at radius 3 is 2.57 bits per heavy atom. The molecule has 2 atom stereocenters. The number of carbonyl (C=O) groups excluding carboxylic acids is 1. The van der Waals surface area contributed by atoms with Gasteiger partial charge in [0.2, 0.25) is 5.91 Å². The van der Waals surface area contributed by atoms with Crippen molar-refractivity contribution in [3.8, 4) is 0 Å². The van der Waals surface area contributed by atoms with Crippen LogP contribution in [0.15, 0.2) is 0 Å². The molecule has 0 aromatic rings. The molecule has 2 unspecified atom stereocenters. The summed E-state index contributed by atoms with van der Waals surface area (Å²) in [5.41, 5.74) is 0.184. The van der Waals surface area contributed by atoms with E-state index in [9.17, 15) is 4.79 Å². The van der Waals surface area contributed by atoms with E-state index in [1.165, 1.54) is 32.1 Å².